The first kappa shape index (κ1) is 8.45. The fraction of sp³-hybridized carbons (Fsp3) is 0.500. The molecule has 0 amide bonds. The molecule has 2 aliphatic rings. The van der Waals surface area contributed by atoms with Gasteiger partial charge in [0.1, 0.15) is 0 Å². The lowest BCUT2D eigenvalue weighted by Crippen LogP contribution is -2.42. The molecule has 1 saturated heterocycles. The second-order valence-electron chi connectivity index (χ2n) is 4.06. The molecule has 2 nitrogen and oxygen atoms in total. The Labute approximate surface area is 84.5 Å². The highest BCUT2D eigenvalue weighted by atomic mass is 16.6. The van der Waals surface area contributed by atoms with Crippen LogP contribution in [0.25, 0.3) is 0 Å². The average Bonchev–Trinajstić information content (AvgIpc) is 3.01. The van der Waals surface area contributed by atoms with E-state index in [0.29, 0.717) is 0 Å². The number of benzene rings is 1. The van der Waals surface area contributed by atoms with Gasteiger partial charge in [-0.05, 0) is 18.5 Å². The van der Waals surface area contributed by atoms with E-state index in [1.807, 2.05) is 0 Å². The highest BCUT2D eigenvalue weighted by Crippen LogP contribution is 2.46. The van der Waals surface area contributed by atoms with E-state index in [2.05, 4.69) is 36.1 Å². The number of epoxide rings is 1. The number of fused-ring (bicyclic) bond motifs is 2. The minimum absolute atomic E-state index is 0.0381. The van der Waals surface area contributed by atoms with E-state index in [4.69, 9.17) is 4.74 Å². The van der Waals surface area contributed by atoms with Crippen LogP contribution in [0.1, 0.15) is 18.1 Å². The Balaban J connectivity index is 2.08. The van der Waals surface area contributed by atoms with Crippen molar-refractivity contribution in [2.24, 2.45) is 0 Å². The van der Waals surface area contributed by atoms with Crippen LogP contribution in [0.15, 0.2) is 24.3 Å². The molecule has 2 heteroatoms. The predicted molar refractivity (Wildman–Crippen MR) is 55.0 cm³/mol. The molecular formula is C12H15NO. The second kappa shape index (κ2) is 2.81. The molecule has 1 unspecified atom stereocenters. The molecule has 14 heavy (non-hydrogen) atoms. The van der Waals surface area contributed by atoms with Crippen LogP contribution in [-0.2, 0) is 16.9 Å². The van der Waals surface area contributed by atoms with Crippen LogP contribution in [0, 0.1) is 0 Å². The summed E-state index contributed by atoms with van der Waals surface area (Å²) in [7, 11) is 0. The zero-order valence-corrected chi connectivity index (χ0v) is 8.49. The van der Waals surface area contributed by atoms with Gasteiger partial charge in [0.05, 0.1) is 6.61 Å². The van der Waals surface area contributed by atoms with E-state index in [1.54, 1.807) is 0 Å². The van der Waals surface area contributed by atoms with Crippen molar-refractivity contribution in [1.82, 2.24) is 4.90 Å². The summed E-state index contributed by atoms with van der Waals surface area (Å²) in [5, 5.41) is 0. The maximum atomic E-state index is 5.69. The Morgan fingerprint density at radius 3 is 2.93 bits per heavy atom. The quantitative estimate of drug-likeness (QED) is 0.625. The molecule has 1 atom stereocenters. The van der Waals surface area contributed by atoms with Crippen molar-refractivity contribution in [2.45, 2.75) is 19.1 Å². The van der Waals surface area contributed by atoms with Crippen LogP contribution in [0.2, 0.25) is 0 Å². The van der Waals surface area contributed by atoms with Gasteiger partial charge in [0.25, 0.3) is 0 Å². The molecule has 0 bridgehead atoms. The van der Waals surface area contributed by atoms with E-state index in [9.17, 15) is 0 Å². The minimum Gasteiger partial charge on any atom is -0.349 e. The first-order valence-corrected chi connectivity index (χ1v) is 5.34. The van der Waals surface area contributed by atoms with Crippen molar-refractivity contribution in [3.63, 3.8) is 0 Å². The lowest BCUT2D eigenvalue weighted by molar-refractivity contribution is 0.0710. The molecular weight excluding hydrogens is 174 g/mol. The minimum atomic E-state index is -0.0381. The van der Waals surface area contributed by atoms with Gasteiger partial charge in [0.15, 0.2) is 5.72 Å². The Kier molecular flexibility index (Phi) is 1.70. The molecule has 1 fully saturated rings. The third-order valence-corrected chi connectivity index (χ3v) is 3.40. The van der Waals surface area contributed by atoms with E-state index >= 15 is 0 Å². The van der Waals surface area contributed by atoms with E-state index in [-0.39, 0.29) is 5.72 Å². The number of ether oxygens (including phenoxy) is 1. The summed E-state index contributed by atoms with van der Waals surface area (Å²) in [6.07, 6.45) is 1.16. The monoisotopic (exact) mass is 189 g/mol. The van der Waals surface area contributed by atoms with Crippen molar-refractivity contribution >= 4 is 0 Å². The fourth-order valence-corrected chi connectivity index (χ4v) is 2.55. The molecule has 0 radical (unpaired) electrons. The molecule has 0 N–H and O–H groups in total. The number of likely N-dealkylation sites (N-methyl/N-ethyl adjacent to an activating group) is 1. The first-order chi connectivity index (χ1) is 6.87. The molecule has 74 valence electrons. The van der Waals surface area contributed by atoms with Gasteiger partial charge in [0.2, 0.25) is 0 Å². The number of hydrogen-bond donors (Lipinski definition) is 0. The van der Waals surface area contributed by atoms with Gasteiger partial charge in [-0.15, -0.1) is 0 Å². The van der Waals surface area contributed by atoms with Crippen molar-refractivity contribution in [1.29, 1.82) is 0 Å². The van der Waals surface area contributed by atoms with E-state index in [1.165, 1.54) is 11.1 Å². The number of hydrogen-bond acceptors (Lipinski definition) is 2. The van der Waals surface area contributed by atoms with Crippen LogP contribution in [0.3, 0.4) is 0 Å². The maximum Gasteiger partial charge on any atom is 0.171 e. The maximum absolute atomic E-state index is 5.69. The standard InChI is InChI=1S/C12H15NO/c1-2-13-8-7-10-5-3-4-6-11(10)12(13)9-14-12/h3-6H,2,7-9H2,1H3. The Morgan fingerprint density at radius 2 is 2.21 bits per heavy atom. The van der Waals surface area contributed by atoms with Gasteiger partial charge >= 0.3 is 0 Å². The summed E-state index contributed by atoms with van der Waals surface area (Å²) in [6.45, 7) is 5.29. The second-order valence-corrected chi connectivity index (χ2v) is 4.06. The smallest absolute Gasteiger partial charge is 0.171 e. The topological polar surface area (TPSA) is 15.8 Å². The SMILES string of the molecule is CCN1CCc2ccccc2C12CO2. The fourth-order valence-electron chi connectivity index (χ4n) is 2.55. The Bertz CT molecular complexity index is 357. The zero-order chi connectivity index (χ0) is 9.60. The van der Waals surface area contributed by atoms with Crippen molar-refractivity contribution in [3.8, 4) is 0 Å². The highest BCUT2D eigenvalue weighted by molar-refractivity contribution is 5.37. The summed E-state index contributed by atoms with van der Waals surface area (Å²) in [5.74, 6) is 0. The van der Waals surface area contributed by atoms with Crippen LogP contribution < -0.4 is 0 Å². The number of nitrogens with zero attached hydrogens (tertiary/aromatic N) is 1. The van der Waals surface area contributed by atoms with Gasteiger partial charge < -0.3 is 4.74 Å². The summed E-state index contributed by atoms with van der Waals surface area (Å²) >= 11 is 0. The van der Waals surface area contributed by atoms with Crippen LogP contribution in [-0.4, -0.2) is 24.6 Å². The molecule has 0 aliphatic carbocycles. The van der Waals surface area contributed by atoms with Gasteiger partial charge in [-0.25, -0.2) is 0 Å². The molecule has 2 aliphatic heterocycles. The average molecular weight is 189 g/mol. The normalized spacial score (nSPS) is 30.4. The summed E-state index contributed by atoms with van der Waals surface area (Å²) in [5.41, 5.74) is 2.83. The van der Waals surface area contributed by atoms with Crippen molar-refractivity contribution in [2.75, 3.05) is 19.7 Å². The van der Waals surface area contributed by atoms with Gasteiger partial charge in [-0.1, -0.05) is 31.2 Å². The lowest BCUT2D eigenvalue weighted by Gasteiger charge is -2.34. The van der Waals surface area contributed by atoms with Gasteiger partial charge in [-0.3, -0.25) is 4.90 Å². The van der Waals surface area contributed by atoms with Crippen molar-refractivity contribution in [3.05, 3.63) is 35.4 Å². The number of rotatable bonds is 1. The molecule has 3 rings (SSSR count). The molecule has 1 aromatic carbocycles. The zero-order valence-electron chi connectivity index (χ0n) is 8.49. The van der Waals surface area contributed by atoms with E-state index in [0.717, 1.165) is 26.1 Å². The lowest BCUT2D eigenvalue weighted by atomic mass is 9.93. The Morgan fingerprint density at radius 1 is 1.43 bits per heavy atom. The first-order valence-electron chi connectivity index (χ1n) is 5.34. The summed E-state index contributed by atoms with van der Waals surface area (Å²) < 4.78 is 5.69. The highest BCUT2D eigenvalue weighted by Gasteiger charge is 2.53. The molecule has 0 aromatic heterocycles. The molecule has 1 spiro atoms. The van der Waals surface area contributed by atoms with Gasteiger partial charge in [0, 0.05) is 12.1 Å². The largest absolute Gasteiger partial charge is 0.349 e. The van der Waals surface area contributed by atoms with Crippen molar-refractivity contribution < 1.29 is 4.74 Å². The Hall–Kier alpha value is -0.860. The summed E-state index contributed by atoms with van der Waals surface area (Å²) in [4.78, 5) is 2.44. The molecule has 0 saturated carbocycles. The van der Waals surface area contributed by atoms with Crippen LogP contribution >= 0.6 is 0 Å². The van der Waals surface area contributed by atoms with Crippen LogP contribution in [0.4, 0.5) is 0 Å². The van der Waals surface area contributed by atoms with Crippen LogP contribution in [0.5, 0.6) is 0 Å². The third-order valence-electron chi connectivity index (χ3n) is 3.40. The third kappa shape index (κ3) is 0.983. The van der Waals surface area contributed by atoms with Gasteiger partial charge in [-0.2, -0.15) is 0 Å². The predicted octanol–water partition coefficient (Wildman–Crippen LogP) is 1.75. The summed E-state index contributed by atoms with van der Waals surface area (Å²) in [6, 6.07) is 8.67. The molecule has 1 aromatic rings. The molecule has 2 heterocycles. The van der Waals surface area contributed by atoms with E-state index < -0.39 is 0 Å².